The summed E-state index contributed by atoms with van der Waals surface area (Å²) in [5, 5.41) is 7.19. The number of carbonyl (C=O) groups excluding carboxylic acids is 2. The molecule has 4 aromatic rings. The van der Waals surface area contributed by atoms with E-state index in [-0.39, 0.29) is 22.3 Å². The molecule has 0 aliphatic rings. The van der Waals surface area contributed by atoms with Crippen LogP contribution in [0.2, 0.25) is 5.02 Å². The first kappa shape index (κ1) is 23.1. The van der Waals surface area contributed by atoms with Gasteiger partial charge in [0.2, 0.25) is 5.91 Å². The van der Waals surface area contributed by atoms with Gasteiger partial charge >= 0.3 is 0 Å². The smallest absolute Gasteiger partial charge is 0.282 e. The zero-order valence-corrected chi connectivity index (χ0v) is 18.7. The average molecular weight is 481 g/mol. The number of aryl methyl sites for hydroxylation is 1. The molecule has 3 aromatic carbocycles. The third kappa shape index (κ3) is 4.53. The summed E-state index contributed by atoms with van der Waals surface area (Å²) >= 11 is 5.99. The second-order valence-electron chi connectivity index (χ2n) is 7.50. The highest BCUT2D eigenvalue weighted by molar-refractivity contribution is 6.30. The second kappa shape index (κ2) is 9.44. The number of para-hydroxylation sites is 1. The summed E-state index contributed by atoms with van der Waals surface area (Å²) < 4.78 is 28.5. The highest BCUT2D eigenvalue weighted by atomic mass is 35.5. The van der Waals surface area contributed by atoms with Gasteiger partial charge in [0, 0.05) is 35.1 Å². The third-order valence-corrected chi connectivity index (χ3v) is 5.49. The molecule has 0 fully saturated rings. The number of halogens is 3. The number of alkyl halides is 2. The number of primary amides is 1. The Bertz CT molecular complexity index is 1380. The molecule has 0 saturated carbocycles. The molecule has 9 heteroatoms. The van der Waals surface area contributed by atoms with Crippen molar-refractivity contribution in [2.75, 3.05) is 5.32 Å². The molecule has 2 amide bonds. The number of nitrogens with one attached hydrogen (secondary N) is 1. The summed E-state index contributed by atoms with van der Waals surface area (Å²) in [4.78, 5) is 25.7. The lowest BCUT2D eigenvalue weighted by molar-refractivity contribution is 0.0977. The lowest BCUT2D eigenvalue weighted by Crippen LogP contribution is -2.21. The Balaban J connectivity index is 1.83. The van der Waals surface area contributed by atoms with Crippen molar-refractivity contribution in [3.63, 3.8) is 0 Å². The van der Waals surface area contributed by atoms with Crippen LogP contribution in [0.3, 0.4) is 0 Å². The first-order valence-electron chi connectivity index (χ1n) is 10.2. The van der Waals surface area contributed by atoms with Crippen LogP contribution in [0.4, 0.5) is 14.5 Å². The fraction of sp³-hybridized carbons (Fsp3) is 0.0800. The SMILES string of the molecule is Cn1cc(-c2cccc(C(N)=O)c2C(=O)Nc2ccccc2-c2ccc(Cl)cc2)c(C(F)F)n1. The summed E-state index contributed by atoms with van der Waals surface area (Å²) in [6, 6.07) is 18.5. The predicted molar refractivity (Wildman–Crippen MR) is 127 cm³/mol. The van der Waals surface area contributed by atoms with E-state index in [0.29, 0.717) is 16.3 Å². The lowest BCUT2D eigenvalue weighted by Gasteiger charge is -2.16. The van der Waals surface area contributed by atoms with Crippen molar-refractivity contribution in [3.05, 3.63) is 94.8 Å². The molecule has 0 spiro atoms. The molecule has 0 unspecified atom stereocenters. The van der Waals surface area contributed by atoms with Gasteiger partial charge < -0.3 is 11.1 Å². The average Bonchev–Trinajstić information content (AvgIpc) is 3.21. The number of carbonyl (C=O) groups is 2. The number of rotatable bonds is 6. The first-order valence-corrected chi connectivity index (χ1v) is 10.5. The highest BCUT2D eigenvalue weighted by Crippen LogP contribution is 2.35. The van der Waals surface area contributed by atoms with E-state index in [2.05, 4.69) is 10.4 Å². The molecule has 0 radical (unpaired) electrons. The molecule has 0 saturated heterocycles. The van der Waals surface area contributed by atoms with Gasteiger partial charge in [-0.2, -0.15) is 5.10 Å². The topological polar surface area (TPSA) is 90.0 Å². The predicted octanol–water partition coefficient (Wildman–Crippen LogP) is 5.70. The number of nitrogens with zero attached hydrogens (tertiary/aromatic N) is 2. The normalized spacial score (nSPS) is 11.0. The highest BCUT2D eigenvalue weighted by Gasteiger charge is 2.26. The Labute approximate surface area is 199 Å². The van der Waals surface area contributed by atoms with E-state index in [1.165, 1.54) is 36.1 Å². The molecule has 0 aliphatic carbocycles. The number of nitrogens with two attached hydrogens (primary N) is 1. The van der Waals surface area contributed by atoms with Crippen molar-refractivity contribution < 1.29 is 18.4 Å². The Hall–Kier alpha value is -4.04. The van der Waals surface area contributed by atoms with Crippen molar-refractivity contribution in [3.8, 4) is 22.3 Å². The molecule has 3 N–H and O–H groups in total. The van der Waals surface area contributed by atoms with Crippen molar-refractivity contribution in [1.29, 1.82) is 0 Å². The number of hydrogen-bond donors (Lipinski definition) is 2. The number of benzene rings is 3. The Kier molecular flexibility index (Phi) is 6.43. The largest absolute Gasteiger partial charge is 0.366 e. The fourth-order valence-electron chi connectivity index (χ4n) is 3.76. The summed E-state index contributed by atoms with van der Waals surface area (Å²) in [5.41, 5.74) is 6.95. The number of anilines is 1. The van der Waals surface area contributed by atoms with Crippen LogP contribution in [-0.2, 0) is 7.05 Å². The molecule has 172 valence electrons. The van der Waals surface area contributed by atoms with E-state index in [1.54, 1.807) is 36.4 Å². The van der Waals surface area contributed by atoms with Crippen molar-refractivity contribution in [1.82, 2.24) is 9.78 Å². The van der Waals surface area contributed by atoms with Crippen LogP contribution in [0.25, 0.3) is 22.3 Å². The summed E-state index contributed by atoms with van der Waals surface area (Å²) in [6.07, 6.45) is -1.50. The zero-order chi connectivity index (χ0) is 24.4. The van der Waals surface area contributed by atoms with Crippen molar-refractivity contribution >= 4 is 29.1 Å². The quantitative estimate of drug-likeness (QED) is 0.371. The molecule has 34 heavy (non-hydrogen) atoms. The summed E-state index contributed by atoms with van der Waals surface area (Å²) in [6.45, 7) is 0. The van der Waals surface area contributed by atoms with Crippen molar-refractivity contribution in [2.24, 2.45) is 12.8 Å². The molecule has 1 heterocycles. The van der Waals surface area contributed by atoms with Crippen LogP contribution in [0, 0.1) is 0 Å². The summed E-state index contributed by atoms with van der Waals surface area (Å²) in [5.74, 6) is -1.53. The van der Waals surface area contributed by atoms with E-state index in [9.17, 15) is 18.4 Å². The minimum atomic E-state index is -2.88. The summed E-state index contributed by atoms with van der Waals surface area (Å²) in [7, 11) is 1.50. The Morgan fingerprint density at radius 2 is 1.65 bits per heavy atom. The maximum absolute atomic E-state index is 13.7. The van der Waals surface area contributed by atoms with Gasteiger partial charge in [0.05, 0.1) is 11.1 Å². The van der Waals surface area contributed by atoms with Crippen molar-refractivity contribution in [2.45, 2.75) is 6.43 Å². The number of amides is 2. The van der Waals surface area contributed by atoms with E-state index in [1.807, 2.05) is 12.1 Å². The second-order valence-corrected chi connectivity index (χ2v) is 7.94. The van der Waals surface area contributed by atoms with Gasteiger partial charge in [0.25, 0.3) is 12.3 Å². The van der Waals surface area contributed by atoms with Gasteiger partial charge in [0.1, 0.15) is 5.69 Å². The molecule has 6 nitrogen and oxygen atoms in total. The van der Waals surface area contributed by atoms with Gasteiger partial charge in [-0.05, 0) is 35.4 Å². The molecule has 0 atom stereocenters. The molecule has 1 aromatic heterocycles. The molecule has 0 aliphatic heterocycles. The third-order valence-electron chi connectivity index (χ3n) is 5.24. The van der Waals surface area contributed by atoms with Crippen LogP contribution in [0.5, 0.6) is 0 Å². The van der Waals surface area contributed by atoms with Crippen LogP contribution in [-0.4, -0.2) is 21.6 Å². The molecule has 4 rings (SSSR count). The fourth-order valence-corrected chi connectivity index (χ4v) is 3.89. The number of hydrogen-bond acceptors (Lipinski definition) is 3. The lowest BCUT2D eigenvalue weighted by atomic mass is 9.94. The molecular weight excluding hydrogens is 462 g/mol. The molecular formula is C25H19ClF2N4O2. The van der Waals surface area contributed by atoms with Crippen LogP contribution in [0.1, 0.15) is 32.8 Å². The van der Waals surface area contributed by atoms with Crippen LogP contribution < -0.4 is 11.1 Å². The van der Waals surface area contributed by atoms with Gasteiger partial charge in [-0.25, -0.2) is 8.78 Å². The van der Waals surface area contributed by atoms with Gasteiger partial charge in [-0.15, -0.1) is 0 Å². The van der Waals surface area contributed by atoms with E-state index in [4.69, 9.17) is 17.3 Å². The standard InChI is InChI=1S/C25H19ClF2N4O2/c1-32-13-19(22(31-32)23(27)28)17-6-4-7-18(24(29)33)21(17)25(34)30-20-8-3-2-5-16(20)14-9-11-15(26)12-10-14/h2-13,23H,1H3,(H2,29,33)(H,30,34). The van der Waals surface area contributed by atoms with Crippen LogP contribution in [0.15, 0.2) is 72.9 Å². The first-order chi connectivity index (χ1) is 16.3. The Morgan fingerprint density at radius 1 is 0.971 bits per heavy atom. The van der Waals surface area contributed by atoms with Gasteiger partial charge in [-0.1, -0.05) is 54.1 Å². The monoisotopic (exact) mass is 480 g/mol. The maximum Gasteiger partial charge on any atom is 0.282 e. The van der Waals surface area contributed by atoms with Crippen LogP contribution >= 0.6 is 11.6 Å². The zero-order valence-electron chi connectivity index (χ0n) is 17.9. The molecule has 0 bridgehead atoms. The van der Waals surface area contributed by atoms with E-state index >= 15 is 0 Å². The maximum atomic E-state index is 13.7. The minimum Gasteiger partial charge on any atom is -0.366 e. The van der Waals surface area contributed by atoms with E-state index < -0.39 is 23.9 Å². The van der Waals surface area contributed by atoms with Gasteiger partial charge in [-0.3, -0.25) is 14.3 Å². The Morgan fingerprint density at radius 3 is 2.32 bits per heavy atom. The van der Waals surface area contributed by atoms with Gasteiger partial charge in [0.15, 0.2) is 0 Å². The van der Waals surface area contributed by atoms with E-state index in [0.717, 1.165) is 5.56 Å². The number of aromatic nitrogens is 2. The minimum absolute atomic E-state index is 0.0386.